The normalized spacial score (nSPS) is 11.2. The molecular formula is C23H26N6O. The quantitative estimate of drug-likeness (QED) is 0.475. The van der Waals surface area contributed by atoms with Crippen LogP contribution in [0.5, 0.6) is 0 Å². The summed E-state index contributed by atoms with van der Waals surface area (Å²) >= 11 is 0. The van der Waals surface area contributed by atoms with Crippen LogP contribution in [-0.2, 0) is 13.1 Å². The van der Waals surface area contributed by atoms with Crippen molar-refractivity contribution in [3.05, 3.63) is 75.9 Å². The fourth-order valence-corrected chi connectivity index (χ4v) is 3.79. The Morgan fingerprint density at radius 2 is 2.00 bits per heavy atom. The first kappa shape index (κ1) is 19.7. The summed E-state index contributed by atoms with van der Waals surface area (Å²) in [6.07, 6.45) is 3.37. The number of aryl methyl sites for hydroxylation is 4. The number of H-pyrrole nitrogens is 1. The predicted molar refractivity (Wildman–Crippen MR) is 118 cm³/mol. The van der Waals surface area contributed by atoms with Crippen molar-refractivity contribution in [1.82, 2.24) is 25.1 Å². The van der Waals surface area contributed by atoms with Crippen LogP contribution in [0.15, 0.2) is 36.7 Å². The number of carbonyl (C=O) groups is 1. The van der Waals surface area contributed by atoms with Gasteiger partial charge in [-0.25, -0.2) is 4.98 Å². The van der Waals surface area contributed by atoms with E-state index >= 15 is 0 Å². The highest BCUT2D eigenvalue weighted by Crippen LogP contribution is 2.22. The van der Waals surface area contributed by atoms with E-state index in [9.17, 15) is 4.79 Å². The number of fused-ring (bicyclic) bond motifs is 1. The molecular weight excluding hydrogens is 376 g/mol. The van der Waals surface area contributed by atoms with Crippen LogP contribution in [0.25, 0.3) is 10.9 Å². The Labute approximate surface area is 175 Å². The Morgan fingerprint density at radius 1 is 1.20 bits per heavy atom. The van der Waals surface area contributed by atoms with Gasteiger partial charge in [-0.3, -0.25) is 9.48 Å². The minimum Gasteiger partial charge on any atom is -0.384 e. The number of pyridine rings is 1. The summed E-state index contributed by atoms with van der Waals surface area (Å²) in [5, 5.41) is 8.53. The lowest BCUT2D eigenvalue weighted by Gasteiger charge is -2.11. The van der Waals surface area contributed by atoms with Crippen molar-refractivity contribution in [2.75, 3.05) is 5.73 Å². The monoisotopic (exact) mass is 402 g/mol. The number of aromatic amines is 1. The van der Waals surface area contributed by atoms with Crippen molar-refractivity contribution in [2.24, 2.45) is 0 Å². The van der Waals surface area contributed by atoms with Gasteiger partial charge in [0.25, 0.3) is 5.91 Å². The van der Waals surface area contributed by atoms with E-state index in [-0.39, 0.29) is 5.91 Å². The van der Waals surface area contributed by atoms with Gasteiger partial charge in [-0.05, 0) is 68.1 Å². The summed E-state index contributed by atoms with van der Waals surface area (Å²) in [6.45, 7) is 9.07. The molecule has 154 valence electrons. The molecule has 1 amide bonds. The van der Waals surface area contributed by atoms with E-state index in [4.69, 9.17) is 5.73 Å². The number of aromatic nitrogens is 4. The Hall–Kier alpha value is -3.61. The van der Waals surface area contributed by atoms with Gasteiger partial charge in [0.2, 0.25) is 0 Å². The predicted octanol–water partition coefficient (Wildman–Crippen LogP) is 3.55. The van der Waals surface area contributed by atoms with Crippen molar-refractivity contribution in [2.45, 2.75) is 40.8 Å². The molecule has 0 saturated heterocycles. The van der Waals surface area contributed by atoms with Crippen LogP contribution in [0.4, 0.5) is 5.82 Å². The molecule has 3 heterocycles. The van der Waals surface area contributed by atoms with Gasteiger partial charge in [0, 0.05) is 35.0 Å². The van der Waals surface area contributed by atoms with Crippen molar-refractivity contribution in [1.29, 1.82) is 0 Å². The fourth-order valence-electron chi connectivity index (χ4n) is 3.79. The molecule has 0 aliphatic rings. The van der Waals surface area contributed by atoms with E-state index in [0.717, 1.165) is 27.9 Å². The SMILES string of the molecule is Cc1cc(N)nc(C)c1CNC(=O)c1cnn(Cc2ccc3[nH]c(C)c(C)c3c2)c1. The third-order valence-electron chi connectivity index (χ3n) is 5.61. The number of benzene rings is 1. The summed E-state index contributed by atoms with van der Waals surface area (Å²) < 4.78 is 1.78. The van der Waals surface area contributed by atoms with Gasteiger partial charge in [-0.2, -0.15) is 5.10 Å². The molecule has 4 aromatic rings. The Balaban J connectivity index is 1.45. The summed E-state index contributed by atoms with van der Waals surface area (Å²) in [5.41, 5.74) is 13.8. The first-order valence-corrected chi connectivity index (χ1v) is 9.93. The molecule has 7 heteroatoms. The molecule has 0 aliphatic carbocycles. The fraction of sp³-hybridized carbons (Fsp3) is 0.261. The number of carbonyl (C=O) groups excluding carboxylic acids is 1. The Morgan fingerprint density at radius 3 is 2.77 bits per heavy atom. The van der Waals surface area contributed by atoms with Crippen molar-refractivity contribution in [3.63, 3.8) is 0 Å². The van der Waals surface area contributed by atoms with Crippen LogP contribution in [0, 0.1) is 27.7 Å². The van der Waals surface area contributed by atoms with Crippen LogP contribution in [0.2, 0.25) is 0 Å². The van der Waals surface area contributed by atoms with Gasteiger partial charge >= 0.3 is 0 Å². The van der Waals surface area contributed by atoms with Gasteiger partial charge in [0.05, 0.1) is 18.3 Å². The number of nitrogens with zero attached hydrogens (tertiary/aromatic N) is 3. The standard InChI is InChI=1S/C23H26N6O/c1-13-7-22(24)28-16(4)20(13)10-25-23(30)18-9-26-29(12-18)11-17-5-6-21-19(8-17)14(2)15(3)27-21/h5-9,12,27H,10-11H2,1-4H3,(H2,24,28)(H,25,30). The van der Waals surface area contributed by atoms with Crippen molar-refractivity contribution in [3.8, 4) is 0 Å². The van der Waals surface area contributed by atoms with E-state index < -0.39 is 0 Å². The molecule has 0 unspecified atom stereocenters. The maximum absolute atomic E-state index is 12.6. The average molecular weight is 403 g/mol. The summed E-state index contributed by atoms with van der Waals surface area (Å²) in [5.74, 6) is 0.328. The number of hydrogen-bond acceptors (Lipinski definition) is 4. The van der Waals surface area contributed by atoms with Crippen LogP contribution in [0.1, 0.15) is 44.0 Å². The molecule has 4 N–H and O–H groups in total. The van der Waals surface area contributed by atoms with Gasteiger partial charge in [-0.15, -0.1) is 0 Å². The molecule has 3 aromatic heterocycles. The van der Waals surface area contributed by atoms with Gasteiger partial charge in [-0.1, -0.05) is 6.07 Å². The van der Waals surface area contributed by atoms with E-state index in [2.05, 4.69) is 52.4 Å². The Bertz CT molecular complexity index is 1230. The summed E-state index contributed by atoms with van der Waals surface area (Å²) in [6, 6.07) is 8.16. The molecule has 30 heavy (non-hydrogen) atoms. The minimum absolute atomic E-state index is 0.163. The zero-order valence-electron chi connectivity index (χ0n) is 17.7. The van der Waals surface area contributed by atoms with Gasteiger partial charge in [0.1, 0.15) is 5.82 Å². The molecule has 0 aliphatic heterocycles. The lowest BCUT2D eigenvalue weighted by Crippen LogP contribution is -2.23. The molecule has 4 rings (SSSR count). The highest BCUT2D eigenvalue weighted by atomic mass is 16.1. The molecule has 7 nitrogen and oxygen atoms in total. The molecule has 0 fully saturated rings. The molecule has 0 radical (unpaired) electrons. The second kappa shape index (κ2) is 7.67. The average Bonchev–Trinajstić information content (AvgIpc) is 3.26. The van der Waals surface area contributed by atoms with Crippen LogP contribution in [0.3, 0.4) is 0 Å². The molecule has 0 bridgehead atoms. The van der Waals surface area contributed by atoms with Crippen molar-refractivity contribution < 1.29 is 4.79 Å². The second-order valence-electron chi connectivity index (χ2n) is 7.79. The first-order chi connectivity index (χ1) is 14.3. The lowest BCUT2D eigenvalue weighted by atomic mass is 10.1. The van der Waals surface area contributed by atoms with Crippen LogP contribution in [-0.4, -0.2) is 25.7 Å². The zero-order chi connectivity index (χ0) is 21.4. The van der Waals surface area contributed by atoms with E-state index in [1.165, 1.54) is 16.6 Å². The number of nitrogen functional groups attached to an aromatic ring is 1. The van der Waals surface area contributed by atoms with E-state index in [0.29, 0.717) is 24.5 Å². The van der Waals surface area contributed by atoms with Crippen molar-refractivity contribution >= 4 is 22.6 Å². The van der Waals surface area contributed by atoms with Crippen LogP contribution < -0.4 is 11.1 Å². The highest BCUT2D eigenvalue weighted by Gasteiger charge is 2.12. The van der Waals surface area contributed by atoms with Crippen LogP contribution >= 0.6 is 0 Å². The molecule has 0 saturated carbocycles. The molecule has 0 spiro atoms. The minimum atomic E-state index is -0.163. The number of rotatable bonds is 5. The smallest absolute Gasteiger partial charge is 0.254 e. The number of hydrogen-bond donors (Lipinski definition) is 3. The van der Waals surface area contributed by atoms with E-state index in [1.54, 1.807) is 17.1 Å². The topological polar surface area (TPSA) is 102 Å². The Kier molecular flexibility index (Phi) is 5.03. The first-order valence-electron chi connectivity index (χ1n) is 9.93. The third kappa shape index (κ3) is 3.78. The molecule has 1 aromatic carbocycles. The maximum atomic E-state index is 12.6. The summed E-state index contributed by atoms with van der Waals surface area (Å²) in [4.78, 5) is 20.2. The maximum Gasteiger partial charge on any atom is 0.254 e. The summed E-state index contributed by atoms with van der Waals surface area (Å²) in [7, 11) is 0. The number of amides is 1. The zero-order valence-corrected chi connectivity index (χ0v) is 17.7. The number of nitrogens with two attached hydrogens (primary N) is 1. The number of nitrogens with one attached hydrogen (secondary N) is 2. The lowest BCUT2D eigenvalue weighted by molar-refractivity contribution is 0.0950. The largest absolute Gasteiger partial charge is 0.384 e. The van der Waals surface area contributed by atoms with E-state index in [1.807, 2.05) is 19.9 Å². The number of anilines is 1. The van der Waals surface area contributed by atoms with Gasteiger partial charge < -0.3 is 16.0 Å². The van der Waals surface area contributed by atoms with Gasteiger partial charge in [0.15, 0.2) is 0 Å². The molecule has 0 atom stereocenters. The second-order valence-corrected chi connectivity index (χ2v) is 7.79. The highest BCUT2D eigenvalue weighted by molar-refractivity contribution is 5.93. The third-order valence-corrected chi connectivity index (χ3v) is 5.61.